The number of carbonyl (C=O) groups excluding carboxylic acids is 1. The first-order valence-corrected chi connectivity index (χ1v) is 7.17. The highest BCUT2D eigenvalue weighted by molar-refractivity contribution is 5.94. The Balaban J connectivity index is 1.43. The maximum Gasteiger partial charge on any atom is 0.251 e. The zero-order chi connectivity index (χ0) is 15.6. The molecule has 8 nitrogen and oxygen atoms in total. The van der Waals surface area contributed by atoms with Gasteiger partial charge < -0.3 is 9.88 Å². The molecular formula is C15H13N7O. The summed E-state index contributed by atoms with van der Waals surface area (Å²) >= 11 is 0. The molecule has 0 aliphatic heterocycles. The van der Waals surface area contributed by atoms with E-state index in [0.29, 0.717) is 24.3 Å². The first-order chi connectivity index (χ1) is 11.3. The van der Waals surface area contributed by atoms with Gasteiger partial charge in [0, 0.05) is 24.8 Å². The van der Waals surface area contributed by atoms with Gasteiger partial charge in [0.05, 0.1) is 17.4 Å². The van der Waals surface area contributed by atoms with Crippen molar-refractivity contribution in [1.29, 1.82) is 0 Å². The SMILES string of the molecule is O=C(NCCn1cnc2ccccc21)c1ccn2nnnc2c1. The number of hydrogen-bond acceptors (Lipinski definition) is 5. The Morgan fingerprint density at radius 1 is 1.22 bits per heavy atom. The third kappa shape index (κ3) is 2.50. The molecular weight excluding hydrogens is 294 g/mol. The van der Waals surface area contributed by atoms with Crippen LogP contribution in [0.5, 0.6) is 0 Å². The molecule has 0 saturated carbocycles. The Labute approximate surface area is 130 Å². The van der Waals surface area contributed by atoms with Gasteiger partial charge in [-0.15, -0.1) is 5.10 Å². The quantitative estimate of drug-likeness (QED) is 0.605. The van der Waals surface area contributed by atoms with E-state index in [-0.39, 0.29) is 5.91 Å². The summed E-state index contributed by atoms with van der Waals surface area (Å²) in [5.74, 6) is -0.153. The summed E-state index contributed by atoms with van der Waals surface area (Å²) < 4.78 is 3.52. The second-order valence-corrected chi connectivity index (χ2v) is 5.08. The average molecular weight is 307 g/mol. The number of para-hydroxylation sites is 2. The van der Waals surface area contributed by atoms with E-state index in [0.717, 1.165) is 11.0 Å². The number of carbonyl (C=O) groups is 1. The Kier molecular flexibility index (Phi) is 3.19. The molecule has 1 amide bonds. The molecule has 0 atom stereocenters. The minimum Gasteiger partial charge on any atom is -0.350 e. The van der Waals surface area contributed by atoms with Crippen LogP contribution in [-0.4, -0.2) is 42.0 Å². The third-order valence-electron chi connectivity index (χ3n) is 3.63. The second-order valence-electron chi connectivity index (χ2n) is 5.08. The van der Waals surface area contributed by atoms with Crippen molar-refractivity contribution in [3.05, 3.63) is 54.5 Å². The van der Waals surface area contributed by atoms with Crippen molar-refractivity contribution in [3.8, 4) is 0 Å². The fourth-order valence-electron chi connectivity index (χ4n) is 2.46. The lowest BCUT2D eigenvalue weighted by molar-refractivity contribution is 0.0952. The van der Waals surface area contributed by atoms with E-state index in [4.69, 9.17) is 0 Å². The van der Waals surface area contributed by atoms with Gasteiger partial charge in [0.25, 0.3) is 5.91 Å². The van der Waals surface area contributed by atoms with E-state index in [1.807, 2.05) is 28.8 Å². The van der Waals surface area contributed by atoms with Crippen LogP contribution < -0.4 is 5.32 Å². The fourth-order valence-corrected chi connectivity index (χ4v) is 2.46. The molecule has 0 saturated heterocycles. The molecule has 1 N–H and O–H groups in total. The van der Waals surface area contributed by atoms with Crippen molar-refractivity contribution >= 4 is 22.6 Å². The Bertz CT molecular complexity index is 988. The molecule has 3 heterocycles. The molecule has 0 radical (unpaired) electrons. The number of amides is 1. The number of aromatic nitrogens is 6. The van der Waals surface area contributed by atoms with Gasteiger partial charge in [-0.3, -0.25) is 4.79 Å². The number of nitrogens with one attached hydrogen (secondary N) is 1. The standard InChI is InChI=1S/C15H13N7O/c23-15(11-5-7-22-14(9-11)18-19-20-22)16-6-8-21-10-17-12-3-1-2-4-13(12)21/h1-5,7,9-10H,6,8H2,(H,16,23). The first kappa shape index (κ1) is 13.4. The topological polar surface area (TPSA) is 90.0 Å². The predicted octanol–water partition coefficient (Wildman–Crippen LogP) is 0.904. The van der Waals surface area contributed by atoms with E-state index in [1.54, 1.807) is 24.7 Å². The Hall–Kier alpha value is -3.29. The van der Waals surface area contributed by atoms with Gasteiger partial charge in [0.1, 0.15) is 0 Å². The fraction of sp³-hybridized carbons (Fsp3) is 0.133. The lowest BCUT2D eigenvalue weighted by atomic mass is 10.2. The lowest BCUT2D eigenvalue weighted by Crippen LogP contribution is -2.27. The third-order valence-corrected chi connectivity index (χ3v) is 3.63. The molecule has 0 aliphatic carbocycles. The number of hydrogen-bond donors (Lipinski definition) is 1. The van der Waals surface area contributed by atoms with Crippen LogP contribution >= 0.6 is 0 Å². The number of pyridine rings is 1. The summed E-state index contributed by atoms with van der Waals surface area (Å²) in [5.41, 5.74) is 3.07. The van der Waals surface area contributed by atoms with Crippen LogP contribution in [-0.2, 0) is 6.54 Å². The van der Waals surface area contributed by atoms with Crippen molar-refractivity contribution < 1.29 is 4.79 Å². The maximum atomic E-state index is 12.2. The Morgan fingerprint density at radius 3 is 3.09 bits per heavy atom. The normalized spacial score (nSPS) is 11.1. The van der Waals surface area contributed by atoms with Crippen LogP contribution in [0.4, 0.5) is 0 Å². The Morgan fingerprint density at radius 2 is 2.13 bits per heavy atom. The molecule has 0 spiro atoms. The van der Waals surface area contributed by atoms with Crippen LogP contribution in [0.1, 0.15) is 10.4 Å². The maximum absolute atomic E-state index is 12.2. The van der Waals surface area contributed by atoms with Gasteiger partial charge in [0.15, 0.2) is 5.65 Å². The summed E-state index contributed by atoms with van der Waals surface area (Å²) in [7, 11) is 0. The number of imidazole rings is 1. The van der Waals surface area contributed by atoms with E-state index < -0.39 is 0 Å². The van der Waals surface area contributed by atoms with Gasteiger partial charge in [0.2, 0.25) is 0 Å². The zero-order valence-corrected chi connectivity index (χ0v) is 12.1. The van der Waals surface area contributed by atoms with E-state index in [9.17, 15) is 4.79 Å². The predicted molar refractivity (Wildman–Crippen MR) is 82.8 cm³/mol. The number of tetrazole rings is 1. The molecule has 0 unspecified atom stereocenters. The monoisotopic (exact) mass is 307 g/mol. The highest BCUT2D eigenvalue weighted by Crippen LogP contribution is 2.11. The van der Waals surface area contributed by atoms with E-state index >= 15 is 0 Å². The highest BCUT2D eigenvalue weighted by atomic mass is 16.1. The van der Waals surface area contributed by atoms with E-state index in [1.165, 1.54) is 4.52 Å². The minimum absolute atomic E-state index is 0.153. The molecule has 0 bridgehead atoms. The van der Waals surface area contributed by atoms with Crippen LogP contribution in [0.2, 0.25) is 0 Å². The van der Waals surface area contributed by atoms with E-state index in [2.05, 4.69) is 25.8 Å². The summed E-state index contributed by atoms with van der Waals surface area (Å²) in [6, 6.07) is 11.2. The van der Waals surface area contributed by atoms with Gasteiger partial charge in [-0.05, 0) is 34.7 Å². The molecule has 3 aromatic heterocycles. The molecule has 8 heteroatoms. The van der Waals surface area contributed by atoms with Crippen molar-refractivity contribution in [2.24, 2.45) is 0 Å². The van der Waals surface area contributed by atoms with Gasteiger partial charge in [-0.25, -0.2) is 9.50 Å². The average Bonchev–Trinajstić information content (AvgIpc) is 3.21. The summed E-state index contributed by atoms with van der Waals surface area (Å²) in [4.78, 5) is 16.5. The second kappa shape index (κ2) is 5.48. The number of fused-ring (bicyclic) bond motifs is 2. The van der Waals surface area contributed by atoms with Crippen molar-refractivity contribution in [2.75, 3.05) is 6.54 Å². The first-order valence-electron chi connectivity index (χ1n) is 7.17. The molecule has 4 rings (SSSR count). The van der Waals surface area contributed by atoms with Crippen LogP contribution in [0, 0.1) is 0 Å². The van der Waals surface area contributed by atoms with Gasteiger partial charge in [-0.2, -0.15) is 0 Å². The van der Waals surface area contributed by atoms with Crippen LogP contribution in [0.25, 0.3) is 16.7 Å². The molecule has 4 aromatic rings. The highest BCUT2D eigenvalue weighted by Gasteiger charge is 2.08. The van der Waals surface area contributed by atoms with Crippen LogP contribution in [0.15, 0.2) is 48.9 Å². The number of benzene rings is 1. The molecule has 0 aliphatic rings. The molecule has 23 heavy (non-hydrogen) atoms. The smallest absolute Gasteiger partial charge is 0.251 e. The van der Waals surface area contributed by atoms with Crippen LogP contribution in [0.3, 0.4) is 0 Å². The summed E-state index contributed by atoms with van der Waals surface area (Å²) in [5, 5.41) is 14.0. The minimum atomic E-state index is -0.153. The number of rotatable bonds is 4. The molecule has 0 fully saturated rings. The summed E-state index contributed by atoms with van der Waals surface area (Å²) in [6.45, 7) is 1.16. The lowest BCUT2D eigenvalue weighted by Gasteiger charge is -2.07. The van der Waals surface area contributed by atoms with Crippen molar-refractivity contribution in [2.45, 2.75) is 6.54 Å². The van der Waals surface area contributed by atoms with Gasteiger partial charge in [-0.1, -0.05) is 12.1 Å². The van der Waals surface area contributed by atoms with Crippen molar-refractivity contribution in [1.82, 2.24) is 34.9 Å². The zero-order valence-electron chi connectivity index (χ0n) is 12.1. The molecule has 114 valence electrons. The van der Waals surface area contributed by atoms with Crippen molar-refractivity contribution in [3.63, 3.8) is 0 Å². The molecule has 1 aromatic carbocycles. The van der Waals surface area contributed by atoms with Gasteiger partial charge >= 0.3 is 0 Å². The largest absolute Gasteiger partial charge is 0.350 e. The summed E-state index contributed by atoms with van der Waals surface area (Å²) in [6.07, 6.45) is 3.44. The number of nitrogens with zero attached hydrogens (tertiary/aromatic N) is 6.